The highest BCUT2D eigenvalue weighted by molar-refractivity contribution is 5.92. The molecule has 22 heavy (non-hydrogen) atoms. The Morgan fingerprint density at radius 2 is 2.09 bits per heavy atom. The van der Waals surface area contributed by atoms with Gasteiger partial charge in [-0.3, -0.25) is 4.79 Å². The van der Waals surface area contributed by atoms with E-state index in [2.05, 4.69) is 15.1 Å². The molecule has 0 aliphatic carbocycles. The van der Waals surface area contributed by atoms with Crippen molar-refractivity contribution in [3.05, 3.63) is 36.7 Å². The Morgan fingerprint density at radius 1 is 1.32 bits per heavy atom. The molecule has 0 spiro atoms. The second-order valence-corrected chi connectivity index (χ2v) is 5.42. The van der Waals surface area contributed by atoms with Gasteiger partial charge in [0.05, 0.1) is 24.1 Å². The number of likely N-dealkylation sites (tertiary alicyclic amines) is 1. The molecule has 0 aromatic carbocycles. The maximum absolute atomic E-state index is 12.4. The summed E-state index contributed by atoms with van der Waals surface area (Å²) in [6, 6.07) is 3.40. The van der Waals surface area contributed by atoms with Gasteiger partial charge < -0.3 is 15.1 Å². The second-order valence-electron chi connectivity index (χ2n) is 5.42. The molecule has 1 amide bonds. The van der Waals surface area contributed by atoms with Gasteiger partial charge in [0.1, 0.15) is 18.3 Å². The zero-order chi connectivity index (χ0) is 15.6. The van der Waals surface area contributed by atoms with Crippen molar-refractivity contribution in [1.82, 2.24) is 24.6 Å². The molecule has 1 aliphatic rings. The van der Waals surface area contributed by atoms with Crippen LogP contribution in [-0.4, -0.2) is 66.1 Å². The van der Waals surface area contributed by atoms with Crippen LogP contribution in [0, 0.1) is 0 Å². The number of piperidine rings is 1. The van der Waals surface area contributed by atoms with Crippen LogP contribution in [-0.2, 0) is 0 Å². The standard InChI is InChI=1S/C14H17N5O3/c20-8-14(22)3-5-18(6-4-14)13(21)12-2-1-11(7-16-12)19-10-15-9-17-19/h1-2,7,9-10,20,22H,3-6,8H2. The Balaban J connectivity index is 1.68. The largest absolute Gasteiger partial charge is 0.393 e. The highest BCUT2D eigenvalue weighted by atomic mass is 16.3. The van der Waals surface area contributed by atoms with Gasteiger partial charge in [-0.2, -0.15) is 5.10 Å². The maximum Gasteiger partial charge on any atom is 0.272 e. The monoisotopic (exact) mass is 303 g/mol. The summed E-state index contributed by atoms with van der Waals surface area (Å²) in [5, 5.41) is 23.1. The van der Waals surface area contributed by atoms with Gasteiger partial charge in [0.15, 0.2) is 0 Å². The predicted molar refractivity (Wildman–Crippen MR) is 76.3 cm³/mol. The van der Waals surface area contributed by atoms with Crippen LogP contribution in [0.3, 0.4) is 0 Å². The Bertz CT molecular complexity index is 633. The lowest BCUT2D eigenvalue weighted by Gasteiger charge is -2.36. The van der Waals surface area contributed by atoms with E-state index in [9.17, 15) is 9.90 Å². The summed E-state index contributed by atoms with van der Waals surface area (Å²) >= 11 is 0. The molecule has 0 unspecified atom stereocenters. The second kappa shape index (κ2) is 5.82. The third-order valence-electron chi connectivity index (χ3n) is 3.93. The van der Waals surface area contributed by atoms with E-state index in [0.29, 0.717) is 31.6 Å². The summed E-state index contributed by atoms with van der Waals surface area (Å²) in [7, 11) is 0. The van der Waals surface area contributed by atoms with Crippen LogP contribution in [0.5, 0.6) is 0 Å². The summed E-state index contributed by atoms with van der Waals surface area (Å²) < 4.78 is 1.56. The highest BCUT2D eigenvalue weighted by Crippen LogP contribution is 2.22. The van der Waals surface area contributed by atoms with Gasteiger partial charge in [-0.1, -0.05) is 0 Å². The topological polar surface area (TPSA) is 104 Å². The summed E-state index contributed by atoms with van der Waals surface area (Å²) in [4.78, 5) is 22.1. The van der Waals surface area contributed by atoms with Crippen LogP contribution >= 0.6 is 0 Å². The quantitative estimate of drug-likeness (QED) is 0.801. The van der Waals surface area contributed by atoms with Gasteiger partial charge in [-0.15, -0.1) is 0 Å². The van der Waals surface area contributed by atoms with Crippen molar-refractivity contribution in [2.24, 2.45) is 0 Å². The van der Waals surface area contributed by atoms with Crippen LogP contribution in [0.1, 0.15) is 23.3 Å². The third-order valence-corrected chi connectivity index (χ3v) is 3.93. The molecule has 0 bridgehead atoms. The first-order valence-electron chi connectivity index (χ1n) is 7.05. The van der Waals surface area contributed by atoms with Crippen molar-refractivity contribution < 1.29 is 15.0 Å². The van der Waals surface area contributed by atoms with E-state index in [4.69, 9.17) is 5.11 Å². The van der Waals surface area contributed by atoms with Crippen molar-refractivity contribution in [2.45, 2.75) is 18.4 Å². The van der Waals surface area contributed by atoms with Crippen molar-refractivity contribution in [3.8, 4) is 5.69 Å². The number of nitrogens with zero attached hydrogens (tertiary/aromatic N) is 5. The number of aromatic nitrogens is 4. The Morgan fingerprint density at radius 3 is 2.64 bits per heavy atom. The van der Waals surface area contributed by atoms with Gasteiger partial charge in [-0.05, 0) is 25.0 Å². The van der Waals surface area contributed by atoms with Gasteiger partial charge in [0.25, 0.3) is 5.91 Å². The maximum atomic E-state index is 12.4. The zero-order valence-corrected chi connectivity index (χ0v) is 12.0. The lowest BCUT2D eigenvalue weighted by Crippen LogP contribution is -2.48. The number of aliphatic hydroxyl groups excluding tert-OH is 1. The normalized spacial score (nSPS) is 17.5. The first-order chi connectivity index (χ1) is 10.6. The molecule has 116 valence electrons. The SMILES string of the molecule is O=C(c1ccc(-n2cncn2)cn1)N1CCC(O)(CO)CC1. The minimum absolute atomic E-state index is 0.176. The molecule has 0 atom stereocenters. The molecule has 3 rings (SSSR count). The van der Waals surface area contributed by atoms with E-state index in [0.717, 1.165) is 5.69 Å². The van der Waals surface area contributed by atoms with Crippen molar-refractivity contribution in [3.63, 3.8) is 0 Å². The lowest BCUT2D eigenvalue weighted by molar-refractivity contribution is -0.0546. The van der Waals surface area contributed by atoms with Crippen LogP contribution in [0.25, 0.3) is 5.69 Å². The summed E-state index contributed by atoms with van der Waals surface area (Å²) in [5.41, 5.74) is 0.00175. The molecule has 2 aromatic rings. The number of rotatable bonds is 3. The summed E-state index contributed by atoms with van der Waals surface area (Å²) in [5.74, 6) is -0.176. The average Bonchev–Trinajstić information content (AvgIpc) is 3.10. The first kappa shape index (κ1) is 14.6. The number of hydrogen-bond acceptors (Lipinski definition) is 6. The molecule has 2 N–H and O–H groups in total. The van der Waals surface area contributed by atoms with Gasteiger partial charge >= 0.3 is 0 Å². The number of carbonyl (C=O) groups excluding carboxylic acids is 1. The molecule has 1 fully saturated rings. The van der Waals surface area contributed by atoms with Gasteiger partial charge in [0, 0.05) is 13.1 Å². The minimum Gasteiger partial charge on any atom is -0.393 e. The Kier molecular flexibility index (Phi) is 3.86. The summed E-state index contributed by atoms with van der Waals surface area (Å²) in [6.45, 7) is 0.532. The number of pyridine rings is 1. The van der Waals surface area contributed by atoms with Crippen LogP contribution in [0.2, 0.25) is 0 Å². The third kappa shape index (κ3) is 2.83. The van der Waals surface area contributed by atoms with E-state index < -0.39 is 5.60 Å². The fraction of sp³-hybridized carbons (Fsp3) is 0.429. The fourth-order valence-electron chi connectivity index (χ4n) is 2.44. The van der Waals surface area contributed by atoms with Crippen LogP contribution in [0.4, 0.5) is 0 Å². The molecule has 8 heteroatoms. The van der Waals surface area contributed by atoms with Gasteiger partial charge in [-0.25, -0.2) is 14.6 Å². The number of hydrogen-bond donors (Lipinski definition) is 2. The molecule has 0 radical (unpaired) electrons. The van der Waals surface area contributed by atoms with Gasteiger partial charge in [0.2, 0.25) is 0 Å². The average molecular weight is 303 g/mol. The zero-order valence-electron chi connectivity index (χ0n) is 12.0. The molecule has 0 saturated carbocycles. The molecule has 8 nitrogen and oxygen atoms in total. The molecule has 2 aromatic heterocycles. The number of carbonyl (C=O) groups is 1. The van der Waals surface area contributed by atoms with E-state index >= 15 is 0 Å². The van der Waals surface area contributed by atoms with Crippen LogP contribution in [0.15, 0.2) is 31.0 Å². The minimum atomic E-state index is -1.07. The number of aliphatic hydroxyl groups is 2. The molecular weight excluding hydrogens is 286 g/mol. The van der Waals surface area contributed by atoms with Crippen molar-refractivity contribution in [2.75, 3.05) is 19.7 Å². The van der Waals surface area contributed by atoms with E-state index in [1.165, 1.54) is 6.33 Å². The van der Waals surface area contributed by atoms with E-state index in [1.54, 1.807) is 34.2 Å². The highest BCUT2D eigenvalue weighted by Gasteiger charge is 2.33. The lowest BCUT2D eigenvalue weighted by atomic mass is 9.92. The predicted octanol–water partition coefficient (Wildman–Crippen LogP) is -0.378. The Labute approximate surface area is 127 Å². The van der Waals surface area contributed by atoms with Crippen molar-refractivity contribution in [1.29, 1.82) is 0 Å². The molecule has 1 aliphatic heterocycles. The van der Waals surface area contributed by atoms with E-state index in [1.807, 2.05) is 0 Å². The molecule has 1 saturated heterocycles. The van der Waals surface area contributed by atoms with Crippen molar-refractivity contribution >= 4 is 5.91 Å². The molecular formula is C14H17N5O3. The first-order valence-corrected chi connectivity index (χ1v) is 7.05. The molecule has 3 heterocycles. The van der Waals surface area contributed by atoms with E-state index in [-0.39, 0.29) is 12.5 Å². The number of amides is 1. The Hall–Kier alpha value is -2.32. The van der Waals surface area contributed by atoms with Crippen LogP contribution < -0.4 is 0 Å². The smallest absolute Gasteiger partial charge is 0.272 e. The summed E-state index contributed by atoms with van der Waals surface area (Å²) in [6.07, 6.45) is 5.28. The fourth-order valence-corrected chi connectivity index (χ4v) is 2.44.